The normalized spacial score (nSPS) is 21.8. The highest BCUT2D eigenvalue weighted by Crippen LogP contribution is 2.15. The van der Waals surface area contributed by atoms with E-state index in [9.17, 15) is 4.79 Å². The Balaban J connectivity index is 0.00000144. The van der Waals surface area contributed by atoms with Crippen LogP contribution in [0.5, 0.6) is 0 Å². The zero-order valence-electron chi connectivity index (χ0n) is 8.04. The smallest absolute Gasteiger partial charge is 0.305 e. The van der Waals surface area contributed by atoms with Crippen molar-refractivity contribution in [2.24, 2.45) is 5.92 Å². The molecule has 0 radical (unpaired) electrons. The van der Waals surface area contributed by atoms with Crippen LogP contribution in [0.3, 0.4) is 0 Å². The number of hydrogen-bond donors (Lipinski definition) is 1. The molecule has 1 rings (SSSR count). The van der Waals surface area contributed by atoms with Gasteiger partial charge in [-0.2, -0.15) is 0 Å². The van der Waals surface area contributed by atoms with Crippen molar-refractivity contribution in [1.29, 1.82) is 0 Å². The maximum absolute atomic E-state index is 10.8. The van der Waals surface area contributed by atoms with E-state index in [4.69, 9.17) is 0 Å². The van der Waals surface area contributed by atoms with Gasteiger partial charge in [0.15, 0.2) is 0 Å². The summed E-state index contributed by atoms with van der Waals surface area (Å²) >= 11 is 0. The van der Waals surface area contributed by atoms with Crippen molar-refractivity contribution < 1.29 is 9.53 Å². The van der Waals surface area contributed by atoms with Crippen molar-refractivity contribution in [3.8, 4) is 0 Å². The molecule has 78 valence electrons. The Bertz CT molecular complexity index is 147. The maximum atomic E-state index is 10.8. The van der Waals surface area contributed by atoms with Crippen molar-refractivity contribution in [1.82, 2.24) is 5.32 Å². The zero-order chi connectivity index (χ0) is 8.81. The van der Waals surface area contributed by atoms with E-state index in [0.29, 0.717) is 12.3 Å². The minimum Gasteiger partial charge on any atom is -0.469 e. The second kappa shape index (κ2) is 7.15. The number of methoxy groups -OCH3 is 1. The van der Waals surface area contributed by atoms with Gasteiger partial charge in [-0.1, -0.05) is 0 Å². The highest BCUT2D eigenvalue weighted by molar-refractivity contribution is 5.85. The molecule has 0 bridgehead atoms. The molecule has 1 saturated heterocycles. The lowest BCUT2D eigenvalue weighted by molar-refractivity contribution is -0.140. The molecule has 1 atom stereocenters. The third-order valence-corrected chi connectivity index (χ3v) is 2.38. The summed E-state index contributed by atoms with van der Waals surface area (Å²) in [7, 11) is 1.45. The minimum absolute atomic E-state index is 0. The number of rotatable bonds is 3. The van der Waals surface area contributed by atoms with Crippen LogP contribution in [0.2, 0.25) is 0 Å². The van der Waals surface area contributed by atoms with Crippen LogP contribution >= 0.6 is 12.4 Å². The fourth-order valence-corrected chi connectivity index (χ4v) is 1.59. The Kier molecular flexibility index (Phi) is 7.00. The monoisotopic (exact) mass is 207 g/mol. The van der Waals surface area contributed by atoms with Gasteiger partial charge in [0.25, 0.3) is 0 Å². The topological polar surface area (TPSA) is 38.3 Å². The Morgan fingerprint density at radius 1 is 1.62 bits per heavy atom. The number of carbonyl (C=O) groups is 1. The van der Waals surface area contributed by atoms with Crippen LogP contribution in [-0.2, 0) is 9.53 Å². The number of esters is 1. The van der Waals surface area contributed by atoms with Crippen LogP contribution in [-0.4, -0.2) is 26.2 Å². The van der Waals surface area contributed by atoms with Gasteiger partial charge in [0.1, 0.15) is 0 Å². The molecule has 0 aromatic heterocycles. The lowest BCUT2D eigenvalue weighted by atomic mass is 9.95. The van der Waals surface area contributed by atoms with Gasteiger partial charge < -0.3 is 10.1 Å². The van der Waals surface area contributed by atoms with Gasteiger partial charge >= 0.3 is 5.97 Å². The molecule has 13 heavy (non-hydrogen) atoms. The number of piperidine rings is 1. The Hall–Kier alpha value is -0.280. The molecule has 1 aliphatic heterocycles. The van der Waals surface area contributed by atoms with Gasteiger partial charge in [-0.25, -0.2) is 0 Å². The molecular formula is C9H18ClNO2. The van der Waals surface area contributed by atoms with Crippen LogP contribution in [0.25, 0.3) is 0 Å². The van der Waals surface area contributed by atoms with Gasteiger partial charge in [0.2, 0.25) is 0 Å². The standard InChI is InChI=1S/C9H17NO2.ClH/c1-12-9(11)5-4-8-3-2-6-10-7-8;/h8,10H,2-7H2,1H3;1H. The van der Waals surface area contributed by atoms with Crippen molar-refractivity contribution in [3.05, 3.63) is 0 Å². The second-order valence-electron chi connectivity index (χ2n) is 3.33. The van der Waals surface area contributed by atoms with E-state index in [-0.39, 0.29) is 18.4 Å². The molecule has 0 aromatic rings. The average molecular weight is 208 g/mol. The molecule has 0 aliphatic carbocycles. The van der Waals surface area contributed by atoms with E-state index in [2.05, 4.69) is 10.1 Å². The molecule has 1 aliphatic rings. The minimum atomic E-state index is -0.0828. The highest BCUT2D eigenvalue weighted by atomic mass is 35.5. The van der Waals surface area contributed by atoms with Crippen LogP contribution in [0.15, 0.2) is 0 Å². The van der Waals surface area contributed by atoms with Crippen molar-refractivity contribution >= 4 is 18.4 Å². The SMILES string of the molecule is COC(=O)CCC1CCCNC1.Cl. The molecule has 1 fully saturated rings. The zero-order valence-corrected chi connectivity index (χ0v) is 8.86. The molecule has 1 heterocycles. The van der Waals surface area contributed by atoms with E-state index >= 15 is 0 Å². The second-order valence-corrected chi connectivity index (χ2v) is 3.33. The number of carbonyl (C=O) groups excluding carboxylic acids is 1. The largest absolute Gasteiger partial charge is 0.469 e. The number of ether oxygens (including phenoxy) is 1. The quantitative estimate of drug-likeness (QED) is 0.711. The first-order chi connectivity index (χ1) is 5.83. The summed E-state index contributed by atoms with van der Waals surface area (Å²) in [6.45, 7) is 2.20. The molecule has 1 unspecified atom stereocenters. The van der Waals surface area contributed by atoms with Gasteiger partial charge in [-0.15, -0.1) is 12.4 Å². The Morgan fingerprint density at radius 3 is 2.92 bits per heavy atom. The molecule has 0 saturated carbocycles. The lowest BCUT2D eigenvalue weighted by Gasteiger charge is -2.21. The molecule has 0 amide bonds. The first-order valence-corrected chi connectivity index (χ1v) is 4.60. The van der Waals surface area contributed by atoms with Crippen molar-refractivity contribution in [2.75, 3.05) is 20.2 Å². The summed E-state index contributed by atoms with van der Waals surface area (Å²) in [5.41, 5.74) is 0. The van der Waals surface area contributed by atoms with Gasteiger partial charge in [-0.3, -0.25) is 4.79 Å². The van der Waals surface area contributed by atoms with E-state index in [1.807, 2.05) is 0 Å². The van der Waals surface area contributed by atoms with Crippen LogP contribution in [0.4, 0.5) is 0 Å². The van der Waals surface area contributed by atoms with Gasteiger partial charge in [0, 0.05) is 6.42 Å². The van der Waals surface area contributed by atoms with Crippen LogP contribution in [0, 0.1) is 5.92 Å². The van der Waals surface area contributed by atoms with Crippen LogP contribution < -0.4 is 5.32 Å². The predicted octanol–water partition coefficient (Wildman–Crippen LogP) is 1.36. The van der Waals surface area contributed by atoms with Crippen LogP contribution in [0.1, 0.15) is 25.7 Å². The fraction of sp³-hybridized carbons (Fsp3) is 0.889. The van der Waals surface area contributed by atoms with Crippen molar-refractivity contribution in [2.45, 2.75) is 25.7 Å². The number of nitrogens with one attached hydrogen (secondary N) is 1. The first-order valence-electron chi connectivity index (χ1n) is 4.60. The summed E-state index contributed by atoms with van der Waals surface area (Å²) in [4.78, 5) is 10.8. The summed E-state index contributed by atoms with van der Waals surface area (Å²) in [5, 5.41) is 3.32. The third kappa shape index (κ3) is 5.11. The van der Waals surface area contributed by atoms with E-state index in [0.717, 1.165) is 19.5 Å². The average Bonchev–Trinajstić information content (AvgIpc) is 2.16. The Labute approximate surface area is 85.6 Å². The maximum Gasteiger partial charge on any atom is 0.305 e. The van der Waals surface area contributed by atoms with Crippen molar-refractivity contribution in [3.63, 3.8) is 0 Å². The summed E-state index contributed by atoms with van der Waals surface area (Å²) in [6.07, 6.45) is 4.04. The number of hydrogen-bond acceptors (Lipinski definition) is 3. The fourth-order valence-electron chi connectivity index (χ4n) is 1.59. The molecular weight excluding hydrogens is 190 g/mol. The molecule has 0 spiro atoms. The van der Waals surface area contributed by atoms with Gasteiger partial charge in [0.05, 0.1) is 7.11 Å². The Morgan fingerprint density at radius 2 is 2.38 bits per heavy atom. The molecule has 3 nitrogen and oxygen atoms in total. The number of halogens is 1. The van der Waals surface area contributed by atoms with Gasteiger partial charge in [-0.05, 0) is 38.3 Å². The summed E-state index contributed by atoms with van der Waals surface area (Å²) in [5.74, 6) is 0.596. The highest BCUT2D eigenvalue weighted by Gasteiger charge is 2.14. The van der Waals surface area contributed by atoms with E-state index < -0.39 is 0 Å². The summed E-state index contributed by atoms with van der Waals surface area (Å²) < 4.78 is 4.58. The first kappa shape index (κ1) is 12.7. The summed E-state index contributed by atoms with van der Waals surface area (Å²) in [6, 6.07) is 0. The van der Waals surface area contributed by atoms with E-state index in [1.165, 1.54) is 20.0 Å². The molecule has 4 heteroatoms. The lowest BCUT2D eigenvalue weighted by Crippen LogP contribution is -2.30. The third-order valence-electron chi connectivity index (χ3n) is 2.38. The van der Waals surface area contributed by atoms with E-state index in [1.54, 1.807) is 0 Å². The predicted molar refractivity (Wildman–Crippen MR) is 54.1 cm³/mol. The molecule has 0 aromatic carbocycles. The molecule has 1 N–H and O–H groups in total.